The minimum Gasteiger partial charge on any atom is -0.394 e. The van der Waals surface area contributed by atoms with Gasteiger partial charge in [-0.15, -0.1) is 0 Å². The second kappa shape index (κ2) is 41.8. The van der Waals surface area contributed by atoms with Gasteiger partial charge in [0.05, 0.1) is 31.3 Å². The summed E-state index contributed by atoms with van der Waals surface area (Å²) in [6.07, 6.45) is 49.2. The molecule has 5 nitrogen and oxygen atoms in total. The molecule has 0 rings (SSSR count). The molecule has 0 bridgehead atoms. The third-order valence-electron chi connectivity index (χ3n) is 10.8. The first-order chi connectivity index (χ1) is 25.0. The van der Waals surface area contributed by atoms with Crippen LogP contribution in [0.25, 0.3) is 0 Å². The quantitative estimate of drug-likeness (QED) is 0.0373. The van der Waals surface area contributed by atoms with Crippen LogP contribution in [-0.4, -0.2) is 46.1 Å². The summed E-state index contributed by atoms with van der Waals surface area (Å²) in [4.78, 5) is 12.4. The van der Waals surface area contributed by atoms with E-state index in [0.29, 0.717) is 12.8 Å². The van der Waals surface area contributed by atoms with E-state index in [1.807, 2.05) is 0 Å². The first-order valence-electron chi connectivity index (χ1n) is 23.0. The van der Waals surface area contributed by atoms with Crippen LogP contribution in [0.5, 0.6) is 0 Å². The minimum atomic E-state index is -0.744. The first kappa shape index (κ1) is 50.1. The molecular weight excluding hydrogens is 631 g/mol. The topological polar surface area (TPSA) is 89.8 Å². The highest BCUT2D eigenvalue weighted by molar-refractivity contribution is 5.76. The Labute approximate surface area is 319 Å². The molecule has 51 heavy (non-hydrogen) atoms. The molecule has 0 fully saturated rings. The number of allylic oxidation sites excluding steroid dienone is 2. The van der Waals surface area contributed by atoms with Crippen molar-refractivity contribution in [3.8, 4) is 0 Å². The largest absolute Gasteiger partial charge is 0.394 e. The van der Waals surface area contributed by atoms with Crippen molar-refractivity contribution < 1.29 is 20.1 Å². The number of amides is 1. The van der Waals surface area contributed by atoms with Gasteiger partial charge in [0.2, 0.25) is 5.91 Å². The van der Waals surface area contributed by atoms with Crippen LogP contribution in [0.15, 0.2) is 12.2 Å². The molecular formula is C46H91NO4. The smallest absolute Gasteiger partial charge is 0.222 e. The lowest BCUT2D eigenvalue weighted by molar-refractivity contribution is -0.125. The number of carbonyl (C=O) groups excluding carboxylic acids is 1. The van der Waals surface area contributed by atoms with Crippen LogP contribution < -0.4 is 5.32 Å². The molecule has 0 aliphatic rings. The van der Waals surface area contributed by atoms with Crippen molar-refractivity contribution >= 4 is 5.91 Å². The summed E-state index contributed by atoms with van der Waals surface area (Å²) in [6.45, 7) is 4.25. The van der Waals surface area contributed by atoms with E-state index in [9.17, 15) is 20.1 Å². The molecule has 0 aliphatic carbocycles. The molecule has 1 amide bonds. The molecule has 0 saturated heterocycles. The van der Waals surface area contributed by atoms with Crippen molar-refractivity contribution in [2.45, 2.75) is 270 Å². The number of carbonyl (C=O) groups is 1. The molecule has 5 heteroatoms. The predicted molar refractivity (Wildman–Crippen MR) is 222 cm³/mol. The highest BCUT2D eigenvalue weighted by Gasteiger charge is 2.21. The van der Waals surface area contributed by atoms with Gasteiger partial charge in [0.1, 0.15) is 0 Å². The fourth-order valence-corrected chi connectivity index (χ4v) is 7.28. The van der Waals surface area contributed by atoms with Gasteiger partial charge in [-0.25, -0.2) is 0 Å². The van der Waals surface area contributed by atoms with Gasteiger partial charge in [0, 0.05) is 0 Å². The van der Waals surface area contributed by atoms with Crippen LogP contribution in [0.4, 0.5) is 0 Å². The van der Waals surface area contributed by atoms with Gasteiger partial charge >= 0.3 is 0 Å². The average Bonchev–Trinajstić information content (AvgIpc) is 3.12. The van der Waals surface area contributed by atoms with Crippen molar-refractivity contribution in [1.82, 2.24) is 5.32 Å². The normalized spacial score (nSPS) is 13.6. The van der Waals surface area contributed by atoms with Crippen LogP contribution >= 0.6 is 0 Å². The second-order valence-corrected chi connectivity index (χ2v) is 16.0. The fraction of sp³-hybridized carbons (Fsp3) is 0.935. The lowest BCUT2D eigenvalue weighted by Crippen LogP contribution is -2.46. The number of rotatable bonds is 42. The maximum Gasteiger partial charge on any atom is 0.222 e. The third-order valence-corrected chi connectivity index (χ3v) is 10.8. The highest BCUT2D eigenvalue weighted by Crippen LogP contribution is 2.16. The van der Waals surface area contributed by atoms with Crippen LogP contribution in [0.1, 0.15) is 251 Å². The standard InChI is InChI=1S/C46H91NO4/c1-3-5-7-9-11-13-14-15-16-17-18-19-20-21-22-23-24-25-26-27-28-29-30-32-33-35-37-39-43(49)41-46(51)47-44(42-48)45(50)40-38-36-34-31-12-10-8-6-4-2/h21-22,43-45,48-50H,3-20,23-42H2,1-2H3,(H,47,51)/b22-21-. The van der Waals surface area contributed by atoms with Gasteiger partial charge in [-0.2, -0.15) is 0 Å². The summed E-state index contributed by atoms with van der Waals surface area (Å²) in [6, 6.07) is -0.653. The summed E-state index contributed by atoms with van der Waals surface area (Å²) in [5.74, 6) is -0.283. The Balaban J connectivity index is 3.49. The second-order valence-electron chi connectivity index (χ2n) is 16.0. The monoisotopic (exact) mass is 722 g/mol. The van der Waals surface area contributed by atoms with Crippen molar-refractivity contribution in [2.24, 2.45) is 0 Å². The number of nitrogens with one attached hydrogen (secondary N) is 1. The molecule has 0 aromatic carbocycles. The molecule has 0 aromatic heterocycles. The molecule has 0 spiro atoms. The summed E-state index contributed by atoms with van der Waals surface area (Å²) < 4.78 is 0. The van der Waals surface area contributed by atoms with Crippen molar-refractivity contribution in [2.75, 3.05) is 6.61 Å². The van der Waals surface area contributed by atoms with Gasteiger partial charge in [0.25, 0.3) is 0 Å². The van der Waals surface area contributed by atoms with E-state index in [2.05, 4.69) is 31.3 Å². The Bertz CT molecular complexity index is 713. The van der Waals surface area contributed by atoms with E-state index in [0.717, 1.165) is 25.7 Å². The van der Waals surface area contributed by atoms with Gasteiger partial charge in [0.15, 0.2) is 0 Å². The van der Waals surface area contributed by atoms with Gasteiger partial charge in [-0.3, -0.25) is 4.79 Å². The summed E-state index contributed by atoms with van der Waals surface area (Å²) in [5, 5.41) is 33.2. The number of hydrogen-bond donors (Lipinski definition) is 4. The Morgan fingerprint density at radius 3 is 1.14 bits per heavy atom. The first-order valence-corrected chi connectivity index (χ1v) is 23.0. The molecule has 304 valence electrons. The fourth-order valence-electron chi connectivity index (χ4n) is 7.28. The summed E-state index contributed by atoms with van der Waals surface area (Å²) >= 11 is 0. The average molecular weight is 722 g/mol. The number of hydrogen-bond acceptors (Lipinski definition) is 4. The summed E-state index contributed by atoms with van der Waals surface area (Å²) in [5.41, 5.74) is 0. The van der Waals surface area contributed by atoms with Crippen molar-refractivity contribution in [3.05, 3.63) is 12.2 Å². The number of aliphatic hydroxyl groups is 3. The zero-order chi connectivity index (χ0) is 37.3. The Morgan fingerprint density at radius 1 is 0.471 bits per heavy atom. The Hall–Kier alpha value is -0.910. The van der Waals surface area contributed by atoms with Gasteiger partial charge < -0.3 is 20.6 Å². The molecule has 0 aromatic rings. The van der Waals surface area contributed by atoms with E-state index in [4.69, 9.17) is 0 Å². The molecule has 3 unspecified atom stereocenters. The SMILES string of the molecule is CCCCCCCCCCCCCC/C=C\CCCCCCCCCCCCCC(O)CC(=O)NC(CO)C(O)CCCCCCCCCCC. The summed E-state index contributed by atoms with van der Waals surface area (Å²) in [7, 11) is 0. The highest BCUT2D eigenvalue weighted by atomic mass is 16.3. The van der Waals surface area contributed by atoms with Crippen molar-refractivity contribution in [1.29, 1.82) is 0 Å². The van der Waals surface area contributed by atoms with E-state index in [-0.39, 0.29) is 18.9 Å². The molecule has 0 aliphatic heterocycles. The molecule has 4 N–H and O–H groups in total. The predicted octanol–water partition coefficient (Wildman–Crippen LogP) is 13.2. The third kappa shape index (κ3) is 38.6. The molecule has 0 saturated carbocycles. The number of aliphatic hydroxyl groups excluding tert-OH is 3. The molecule has 3 atom stereocenters. The van der Waals surface area contributed by atoms with Gasteiger partial charge in [-0.1, -0.05) is 219 Å². The zero-order valence-corrected chi connectivity index (χ0v) is 34.5. The Kier molecular flexibility index (Phi) is 41.1. The van der Waals surface area contributed by atoms with Crippen LogP contribution in [0.3, 0.4) is 0 Å². The molecule has 0 radical (unpaired) electrons. The number of unbranched alkanes of at least 4 members (excludes halogenated alkanes) is 31. The van der Waals surface area contributed by atoms with Crippen LogP contribution in [-0.2, 0) is 4.79 Å². The van der Waals surface area contributed by atoms with Crippen molar-refractivity contribution in [3.63, 3.8) is 0 Å². The maximum atomic E-state index is 12.4. The Morgan fingerprint density at radius 2 is 0.784 bits per heavy atom. The van der Waals surface area contributed by atoms with E-state index in [1.165, 1.54) is 193 Å². The maximum absolute atomic E-state index is 12.4. The van der Waals surface area contributed by atoms with Gasteiger partial charge in [-0.05, 0) is 38.5 Å². The lowest BCUT2D eigenvalue weighted by Gasteiger charge is -2.23. The van der Waals surface area contributed by atoms with E-state index >= 15 is 0 Å². The minimum absolute atomic E-state index is 0.0387. The van der Waals surface area contributed by atoms with E-state index in [1.54, 1.807) is 0 Å². The van der Waals surface area contributed by atoms with E-state index < -0.39 is 18.2 Å². The van der Waals surface area contributed by atoms with Crippen LogP contribution in [0.2, 0.25) is 0 Å². The zero-order valence-electron chi connectivity index (χ0n) is 34.5. The van der Waals surface area contributed by atoms with Crippen LogP contribution in [0, 0.1) is 0 Å². The molecule has 0 heterocycles. The lowest BCUT2D eigenvalue weighted by atomic mass is 10.0.